The molecule has 98 valence electrons. The first-order chi connectivity index (χ1) is 9.19. The van der Waals surface area contributed by atoms with E-state index < -0.39 is 5.82 Å². The van der Waals surface area contributed by atoms with Crippen LogP contribution in [-0.4, -0.2) is 5.96 Å². The number of hydrogen-bond acceptors (Lipinski definition) is 2. The van der Waals surface area contributed by atoms with Gasteiger partial charge in [0.05, 0.1) is 0 Å². The monoisotopic (exact) mass is 322 g/mol. The highest BCUT2D eigenvalue weighted by Gasteiger charge is 2.04. The van der Waals surface area contributed by atoms with Crippen LogP contribution >= 0.6 is 15.9 Å². The molecular formula is C13H12BrFN4. The molecule has 0 heterocycles. The van der Waals surface area contributed by atoms with Crippen molar-refractivity contribution in [3.05, 3.63) is 58.8 Å². The number of hydrazine groups is 1. The zero-order valence-electron chi connectivity index (χ0n) is 9.90. The summed E-state index contributed by atoms with van der Waals surface area (Å²) in [5.74, 6) is 5.21. The predicted molar refractivity (Wildman–Crippen MR) is 78.6 cm³/mol. The molecule has 0 saturated heterocycles. The summed E-state index contributed by atoms with van der Waals surface area (Å²) in [5, 5.41) is 2.96. The normalized spacial score (nSPS) is 11.2. The van der Waals surface area contributed by atoms with Crippen molar-refractivity contribution in [2.24, 2.45) is 10.8 Å². The maximum atomic E-state index is 13.6. The Morgan fingerprint density at radius 2 is 1.89 bits per heavy atom. The van der Waals surface area contributed by atoms with Crippen LogP contribution in [0, 0.1) is 5.82 Å². The molecule has 0 spiro atoms. The third kappa shape index (κ3) is 3.77. The van der Waals surface area contributed by atoms with Crippen molar-refractivity contribution in [1.29, 1.82) is 0 Å². The van der Waals surface area contributed by atoms with Gasteiger partial charge in [0.1, 0.15) is 11.5 Å². The lowest BCUT2D eigenvalue weighted by molar-refractivity contribution is 0.629. The minimum absolute atomic E-state index is 0.186. The summed E-state index contributed by atoms with van der Waals surface area (Å²) in [7, 11) is 0. The summed E-state index contributed by atoms with van der Waals surface area (Å²) in [4.78, 5) is 4.10. The van der Waals surface area contributed by atoms with Crippen LogP contribution in [0.15, 0.2) is 58.0 Å². The van der Waals surface area contributed by atoms with Gasteiger partial charge in [-0.1, -0.05) is 34.1 Å². The van der Waals surface area contributed by atoms with Crippen LogP contribution in [0.3, 0.4) is 0 Å². The van der Waals surface area contributed by atoms with E-state index in [4.69, 9.17) is 5.84 Å². The Morgan fingerprint density at radius 3 is 2.58 bits per heavy atom. The number of nitrogens with zero attached hydrogens (tertiary/aromatic N) is 1. The number of para-hydroxylation sites is 1. The molecule has 4 nitrogen and oxygen atoms in total. The van der Waals surface area contributed by atoms with E-state index in [2.05, 4.69) is 31.7 Å². The Labute approximate surface area is 118 Å². The third-order valence-corrected chi connectivity index (χ3v) is 2.81. The second-order valence-corrected chi connectivity index (χ2v) is 4.61. The molecule has 19 heavy (non-hydrogen) atoms. The maximum Gasteiger partial charge on any atom is 0.215 e. The van der Waals surface area contributed by atoms with Gasteiger partial charge in [0, 0.05) is 10.2 Å². The van der Waals surface area contributed by atoms with Crippen molar-refractivity contribution in [3.63, 3.8) is 0 Å². The van der Waals surface area contributed by atoms with E-state index in [0.29, 0.717) is 0 Å². The number of hydrogen-bond donors (Lipinski definition) is 3. The maximum absolute atomic E-state index is 13.6. The van der Waals surface area contributed by atoms with Crippen LogP contribution in [0.4, 0.5) is 15.8 Å². The van der Waals surface area contributed by atoms with Gasteiger partial charge in [0.25, 0.3) is 0 Å². The molecular weight excluding hydrogens is 311 g/mol. The first-order valence-electron chi connectivity index (χ1n) is 5.51. The lowest BCUT2D eigenvalue weighted by Gasteiger charge is -2.09. The van der Waals surface area contributed by atoms with Gasteiger partial charge in [-0.3, -0.25) is 5.43 Å². The van der Waals surface area contributed by atoms with Crippen LogP contribution in [0.5, 0.6) is 0 Å². The highest BCUT2D eigenvalue weighted by Crippen LogP contribution is 2.22. The highest BCUT2D eigenvalue weighted by atomic mass is 79.9. The first kappa shape index (κ1) is 13.5. The second kappa shape index (κ2) is 6.31. The Morgan fingerprint density at radius 1 is 1.16 bits per heavy atom. The van der Waals surface area contributed by atoms with Gasteiger partial charge < -0.3 is 5.32 Å². The largest absolute Gasteiger partial charge is 0.325 e. The molecule has 0 radical (unpaired) electrons. The minimum atomic E-state index is -0.425. The van der Waals surface area contributed by atoms with Crippen LogP contribution in [-0.2, 0) is 0 Å². The number of nitrogens with two attached hydrogens (primary N) is 1. The van der Waals surface area contributed by atoms with Gasteiger partial charge in [-0.05, 0) is 30.3 Å². The van der Waals surface area contributed by atoms with Gasteiger partial charge in [-0.15, -0.1) is 0 Å². The molecule has 4 N–H and O–H groups in total. The fraction of sp³-hybridized carbons (Fsp3) is 0. The molecule has 0 saturated carbocycles. The molecule has 0 fully saturated rings. The predicted octanol–water partition coefficient (Wildman–Crippen LogP) is 3.15. The summed E-state index contributed by atoms with van der Waals surface area (Å²) >= 11 is 3.27. The SMILES string of the molecule is NNC(=Nc1cc(Br)ccc1F)Nc1ccccc1. The third-order valence-electron chi connectivity index (χ3n) is 2.31. The van der Waals surface area contributed by atoms with Gasteiger partial charge in [0.15, 0.2) is 0 Å². The molecule has 0 unspecified atom stereocenters. The molecule has 2 aromatic carbocycles. The quantitative estimate of drug-likeness (QED) is 0.344. The van der Waals surface area contributed by atoms with Crippen molar-refractivity contribution in [3.8, 4) is 0 Å². The number of guanidine groups is 1. The molecule has 0 atom stereocenters. The van der Waals surface area contributed by atoms with Crippen molar-refractivity contribution < 1.29 is 4.39 Å². The molecule has 6 heteroatoms. The Balaban J connectivity index is 2.26. The molecule has 0 aromatic heterocycles. The van der Waals surface area contributed by atoms with Crippen LogP contribution in [0.1, 0.15) is 0 Å². The van der Waals surface area contributed by atoms with E-state index >= 15 is 0 Å². The first-order valence-corrected chi connectivity index (χ1v) is 6.31. The Kier molecular flexibility index (Phi) is 4.48. The zero-order valence-corrected chi connectivity index (χ0v) is 11.5. The summed E-state index contributed by atoms with van der Waals surface area (Å²) < 4.78 is 14.3. The summed E-state index contributed by atoms with van der Waals surface area (Å²) in [6, 6.07) is 13.8. The van der Waals surface area contributed by atoms with E-state index in [1.165, 1.54) is 6.07 Å². The fourth-order valence-corrected chi connectivity index (χ4v) is 1.80. The fourth-order valence-electron chi connectivity index (χ4n) is 1.45. The number of aliphatic imine (C=N–C) groups is 1. The molecule has 2 rings (SSSR count). The van der Waals surface area contributed by atoms with Crippen LogP contribution in [0.2, 0.25) is 0 Å². The average molecular weight is 323 g/mol. The topological polar surface area (TPSA) is 62.4 Å². The van der Waals surface area contributed by atoms with E-state index in [0.717, 1.165) is 10.2 Å². The van der Waals surface area contributed by atoms with Gasteiger partial charge in [0.2, 0.25) is 5.96 Å². The summed E-state index contributed by atoms with van der Waals surface area (Å²) in [6.07, 6.45) is 0. The molecule has 2 aromatic rings. The van der Waals surface area contributed by atoms with E-state index in [1.54, 1.807) is 12.1 Å². The van der Waals surface area contributed by atoms with Crippen molar-refractivity contribution >= 4 is 33.3 Å². The molecule has 0 aliphatic carbocycles. The molecule has 0 aliphatic heterocycles. The smallest absolute Gasteiger partial charge is 0.215 e. The minimum Gasteiger partial charge on any atom is -0.325 e. The number of halogens is 2. The number of anilines is 1. The summed E-state index contributed by atoms with van der Waals surface area (Å²) in [5.41, 5.74) is 3.39. The zero-order chi connectivity index (χ0) is 13.7. The van der Waals surface area contributed by atoms with E-state index in [1.807, 2.05) is 30.3 Å². The van der Waals surface area contributed by atoms with Gasteiger partial charge in [-0.25, -0.2) is 15.2 Å². The van der Waals surface area contributed by atoms with Crippen LogP contribution in [0.25, 0.3) is 0 Å². The average Bonchev–Trinajstić information content (AvgIpc) is 2.43. The molecule has 0 amide bonds. The van der Waals surface area contributed by atoms with Crippen molar-refractivity contribution in [2.45, 2.75) is 0 Å². The Hall–Kier alpha value is -1.92. The number of rotatable bonds is 2. The van der Waals surface area contributed by atoms with Crippen LogP contribution < -0.4 is 16.6 Å². The molecule has 0 aliphatic rings. The van der Waals surface area contributed by atoms with E-state index in [9.17, 15) is 4.39 Å². The van der Waals surface area contributed by atoms with Gasteiger partial charge in [-0.2, -0.15) is 0 Å². The standard InChI is InChI=1S/C13H12BrFN4/c14-9-6-7-11(15)12(8-9)18-13(19-16)17-10-4-2-1-3-5-10/h1-8H,16H2,(H2,17,18,19). The van der Waals surface area contributed by atoms with E-state index in [-0.39, 0.29) is 11.6 Å². The lowest BCUT2D eigenvalue weighted by atomic mass is 10.3. The summed E-state index contributed by atoms with van der Waals surface area (Å²) in [6.45, 7) is 0. The van der Waals surface area contributed by atoms with Crippen molar-refractivity contribution in [1.82, 2.24) is 5.43 Å². The van der Waals surface area contributed by atoms with Crippen molar-refractivity contribution in [2.75, 3.05) is 5.32 Å². The number of nitrogens with one attached hydrogen (secondary N) is 2. The molecule has 0 bridgehead atoms. The van der Waals surface area contributed by atoms with Gasteiger partial charge >= 0.3 is 0 Å². The number of benzene rings is 2. The lowest BCUT2D eigenvalue weighted by Crippen LogP contribution is -2.36. The Bertz CT molecular complexity index is 586. The highest BCUT2D eigenvalue weighted by molar-refractivity contribution is 9.10. The second-order valence-electron chi connectivity index (χ2n) is 3.69.